The number of benzene rings is 1. The lowest BCUT2D eigenvalue weighted by Gasteiger charge is -2.03. The molecule has 1 amide bonds. The van der Waals surface area contributed by atoms with Gasteiger partial charge in [-0.25, -0.2) is 9.79 Å². The number of carbonyl (C=O) groups excluding carboxylic acids is 2. The molecule has 2 aromatic rings. The maximum absolute atomic E-state index is 11.9. The van der Waals surface area contributed by atoms with Crippen LogP contribution >= 0.6 is 31.9 Å². The Bertz CT molecular complexity index is 862. The molecule has 0 bridgehead atoms. The molecule has 1 aromatic carbocycles. The Kier molecular flexibility index (Phi) is 4.68. The highest BCUT2D eigenvalue weighted by atomic mass is 79.9. The molecule has 3 rings (SSSR count). The lowest BCUT2D eigenvalue weighted by molar-refractivity contribution is -0.130. The van der Waals surface area contributed by atoms with Crippen LogP contribution in [0, 0.1) is 0 Å². The predicted molar refractivity (Wildman–Crippen MR) is 95.5 cm³/mol. The van der Waals surface area contributed by atoms with Gasteiger partial charge < -0.3 is 14.5 Å². The van der Waals surface area contributed by atoms with Crippen molar-refractivity contribution in [2.75, 3.05) is 5.32 Å². The second-order valence-corrected chi connectivity index (χ2v) is 6.44. The van der Waals surface area contributed by atoms with Gasteiger partial charge in [-0.2, -0.15) is 0 Å². The normalized spacial score (nSPS) is 15.4. The molecular weight excluding hydrogens is 444 g/mol. The summed E-state index contributed by atoms with van der Waals surface area (Å²) < 4.78 is 11.8. The summed E-state index contributed by atoms with van der Waals surface area (Å²) in [5, 5.41) is 2.66. The minimum atomic E-state index is -0.556. The first-order valence-corrected chi connectivity index (χ1v) is 8.36. The second kappa shape index (κ2) is 6.74. The third kappa shape index (κ3) is 3.65. The number of amides is 1. The fourth-order valence-corrected chi connectivity index (χ4v) is 2.61. The van der Waals surface area contributed by atoms with Gasteiger partial charge in [0.15, 0.2) is 10.4 Å². The van der Waals surface area contributed by atoms with Crippen LogP contribution in [0.25, 0.3) is 6.08 Å². The third-order valence-electron chi connectivity index (χ3n) is 3.02. The fraction of sp³-hybridized carbons (Fsp3) is 0.0625. The first-order valence-electron chi connectivity index (χ1n) is 6.78. The number of cyclic esters (lactones) is 1. The molecule has 0 spiro atoms. The summed E-state index contributed by atoms with van der Waals surface area (Å²) in [4.78, 5) is 27.1. The number of rotatable bonds is 3. The minimum absolute atomic E-state index is 0.143. The van der Waals surface area contributed by atoms with Crippen LogP contribution in [0.3, 0.4) is 0 Å². The van der Waals surface area contributed by atoms with Crippen LogP contribution < -0.4 is 5.32 Å². The average Bonchev–Trinajstić information content (AvgIpc) is 3.03. The average molecular weight is 454 g/mol. The van der Waals surface area contributed by atoms with E-state index in [1.165, 1.54) is 13.0 Å². The van der Waals surface area contributed by atoms with Gasteiger partial charge >= 0.3 is 5.97 Å². The highest BCUT2D eigenvalue weighted by molar-refractivity contribution is 9.13. The Labute approximate surface area is 153 Å². The zero-order valence-electron chi connectivity index (χ0n) is 12.3. The van der Waals surface area contributed by atoms with Crippen molar-refractivity contribution in [1.29, 1.82) is 0 Å². The van der Waals surface area contributed by atoms with E-state index in [0.717, 1.165) is 4.47 Å². The van der Waals surface area contributed by atoms with Crippen molar-refractivity contribution in [3.05, 3.63) is 56.5 Å². The molecule has 1 aliphatic heterocycles. The van der Waals surface area contributed by atoms with E-state index in [1.54, 1.807) is 30.3 Å². The number of halogens is 2. The number of aliphatic imine (C=N–C) groups is 1. The molecular formula is C16H10Br2N2O4. The molecule has 0 saturated heterocycles. The molecule has 24 heavy (non-hydrogen) atoms. The Balaban J connectivity index is 1.84. The first-order chi connectivity index (χ1) is 11.4. The van der Waals surface area contributed by atoms with Crippen LogP contribution in [0.4, 0.5) is 5.69 Å². The molecule has 0 aliphatic carbocycles. The molecule has 0 unspecified atom stereocenters. The molecule has 0 saturated carbocycles. The molecule has 1 aliphatic rings. The van der Waals surface area contributed by atoms with Crippen LogP contribution in [0.15, 0.2) is 54.6 Å². The lowest BCUT2D eigenvalue weighted by atomic mass is 10.2. The zero-order chi connectivity index (χ0) is 17.3. The van der Waals surface area contributed by atoms with E-state index >= 15 is 0 Å². The van der Waals surface area contributed by atoms with Gasteiger partial charge in [0, 0.05) is 24.3 Å². The Morgan fingerprint density at radius 2 is 1.96 bits per heavy atom. The smallest absolute Gasteiger partial charge is 0.363 e. The van der Waals surface area contributed by atoms with Gasteiger partial charge in [-0.1, -0.05) is 0 Å². The van der Waals surface area contributed by atoms with E-state index in [1.807, 2.05) is 0 Å². The maximum Gasteiger partial charge on any atom is 0.363 e. The highest BCUT2D eigenvalue weighted by Gasteiger charge is 2.24. The molecule has 122 valence electrons. The number of carbonyl (C=O) groups is 2. The van der Waals surface area contributed by atoms with Gasteiger partial charge in [0.05, 0.1) is 4.47 Å². The zero-order valence-corrected chi connectivity index (χ0v) is 15.5. The molecule has 1 aromatic heterocycles. The van der Waals surface area contributed by atoms with Crippen molar-refractivity contribution in [3.8, 4) is 0 Å². The second-order valence-electron chi connectivity index (χ2n) is 4.87. The van der Waals surface area contributed by atoms with Crippen molar-refractivity contribution in [3.63, 3.8) is 0 Å². The fourth-order valence-electron chi connectivity index (χ4n) is 2.00. The summed E-state index contributed by atoms with van der Waals surface area (Å²) in [7, 11) is 0. The SMILES string of the molecule is CC(=O)Nc1ccc(C2=N/C(=C\c3cc(Br)c(Br)o3)C(=O)O2)cc1. The number of hydrogen-bond donors (Lipinski definition) is 1. The number of anilines is 1. The molecule has 2 heterocycles. The molecule has 1 N–H and O–H groups in total. The topological polar surface area (TPSA) is 80.9 Å². The minimum Gasteiger partial charge on any atom is -0.449 e. The van der Waals surface area contributed by atoms with Crippen LogP contribution in [0.2, 0.25) is 0 Å². The van der Waals surface area contributed by atoms with Crippen molar-refractivity contribution >= 4 is 61.4 Å². The predicted octanol–water partition coefficient (Wildman–Crippen LogP) is 4.11. The van der Waals surface area contributed by atoms with Gasteiger partial charge in [0.1, 0.15) is 5.76 Å². The summed E-state index contributed by atoms with van der Waals surface area (Å²) in [5.41, 5.74) is 1.42. The van der Waals surface area contributed by atoms with Crippen LogP contribution in [-0.4, -0.2) is 17.8 Å². The number of furan rings is 1. The van der Waals surface area contributed by atoms with Crippen LogP contribution in [0.5, 0.6) is 0 Å². The van der Waals surface area contributed by atoms with E-state index in [0.29, 0.717) is 21.7 Å². The van der Waals surface area contributed by atoms with Gasteiger partial charge in [0.25, 0.3) is 0 Å². The summed E-state index contributed by atoms with van der Waals surface area (Å²) in [5.74, 6) is -0.0509. The number of hydrogen-bond acceptors (Lipinski definition) is 5. The molecule has 0 atom stereocenters. The van der Waals surface area contributed by atoms with E-state index in [9.17, 15) is 9.59 Å². The Morgan fingerprint density at radius 3 is 2.54 bits per heavy atom. The molecule has 6 nitrogen and oxygen atoms in total. The maximum atomic E-state index is 11.9. The quantitative estimate of drug-likeness (QED) is 0.560. The lowest BCUT2D eigenvalue weighted by Crippen LogP contribution is -2.07. The van der Waals surface area contributed by atoms with Gasteiger partial charge in [-0.3, -0.25) is 4.79 Å². The monoisotopic (exact) mass is 452 g/mol. The largest absolute Gasteiger partial charge is 0.449 e. The van der Waals surface area contributed by atoms with Crippen LogP contribution in [0.1, 0.15) is 18.2 Å². The summed E-state index contributed by atoms with van der Waals surface area (Å²) in [6.45, 7) is 1.43. The summed E-state index contributed by atoms with van der Waals surface area (Å²) in [6.07, 6.45) is 1.50. The standard InChI is InChI=1S/C16H10Br2N2O4/c1-8(21)19-10-4-2-9(3-5-10)15-20-13(16(22)24-15)7-11-6-12(17)14(18)23-11/h2-7H,1H3,(H,19,21)/b13-7-. The van der Waals surface area contributed by atoms with Crippen molar-refractivity contribution in [2.24, 2.45) is 4.99 Å². The number of esters is 1. The van der Waals surface area contributed by atoms with E-state index < -0.39 is 5.97 Å². The first kappa shape index (κ1) is 16.7. The molecule has 0 fully saturated rings. The Hall–Kier alpha value is -2.19. The van der Waals surface area contributed by atoms with Gasteiger partial charge in [-0.15, -0.1) is 0 Å². The molecule has 8 heteroatoms. The van der Waals surface area contributed by atoms with Crippen LogP contribution in [-0.2, 0) is 14.3 Å². The van der Waals surface area contributed by atoms with Crippen molar-refractivity contribution in [1.82, 2.24) is 0 Å². The van der Waals surface area contributed by atoms with Crippen molar-refractivity contribution in [2.45, 2.75) is 6.92 Å². The number of nitrogens with zero attached hydrogens (tertiary/aromatic N) is 1. The van der Waals surface area contributed by atoms with Gasteiger partial charge in [0.2, 0.25) is 11.8 Å². The van der Waals surface area contributed by atoms with E-state index in [-0.39, 0.29) is 17.5 Å². The Morgan fingerprint density at radius 1 is 1.25 bits per heavy atom. The third-order valence-corrected chi connectivity index (χ3v) is 4.73. The molecule has 0 radical (unpaired) electrons. The van der Waals surface area contributed by atoms with E-state index in [2.05, 4.69) is 42.2 Å². The van der Waals surface area contributed by atoms with Gasteiger partial charge in [-0.05, 0) is 62.2 Å². The number of nitrogens with one attached hydrogen (secondary N) is 1. The highest BCUT2D eigenvalue weighted by Crippen LogP contribution is 2.29. The number of ether oxygens (including phenoxy) is 1. The summed E-state index contributed by atoms with van der Waals surface area (Å²) in [6, 6.07) is 8.53. The van der Waals surface area contributed by atoms with Crippen molar-refractivity contribution < 1.29 is 18.7 Å². The summed E-state index contributed by atoms with van der Waals surface area (Å²) >= 11 is 6.53. The van der Waals surface area contributed by atoms with E-state index in [4.69, 9.17) is 9.15 Å².